The van der Waals surface area contributed by atoms with Crippen molar-refractivity contribution in [3.8, 4) is 0 Å². The van der Waals surface area contributed by atoms with Crippen LogP contribution < -0.4 is 10.8 Å². The number of carbonyl (C=O) groups is 1. The largest absolute Gasteiger partial charge is 0.396 e. The molecule has 2 rings (SSSR count). The van der Waals surface area contributed by atoms with Crippen molar-refractivity contribution >= 4 is 51.5 Å². The van der Waals surface area contributed by atoms with E-state index < -0.39 is 40.2 Å². The minimum absolute atomic E-state index is 0.153. The Morgan fingerprint density at radius 1 is 1.30 bits per heavy atom. The van der Waals surface area contributed by atoms with E-state index in [0.29, 0.717) is 3.57 Å². The summed E-state index contributed by atoms with van der Waals surface area (Å²) in [5, 5.41) is 10.6. The lowest BCUT2D eigenvalue weighted by Crippen LogP contribution is -2.29. The number of aliphatic hydroxyl groups is 1. The number of hydrogen-bond acceptors (Lipinski definition) is 4. The zero-order valence-electron chi connectivity index (χ0n) is 14.0. The Kier molecular flexibility index (Phi) is 7.71. The lowest BCUT2D eigenvalue weighted by atomic mass is 10.1. The molecule has 146 valence electrons. The number of anilines is 2. The summed E-state index contributed by atoms with van der Waals surface area (Å²) in [5.41, 5.74) is 0.950. The van der Waals surface area contributed by atoms with Crippen LogP contribution in [0.3, 0.4) is 0 Å². The molecule has 0 aromatic heterocycles. The Morgan fingerprint density at radius 2 is 2.00 bits per heavy atom. The second kappa shape index (κ2) is 9.58. The molecule has 2 aromatic rings. The van der Waals surface area contributed by atoms with Crippen molar-refractivity contribution < 1.29 is 27.9 Å². The third kappa shape index (κ3) is 5.47. The molecule has 2 aromatic carbocycles. The van der Waals surface area contributed by atoms with Gasteiger partial charge in [-0.2, -0.15) is 0 Å². The second-order valence-corrected chi connectivity index (χ2v) is 7.18. The molecule has 0 aliphatic carbocycles. The van der Waals surface area contributed by atoms with Crippen molar-refractivity contribution in [3.63, 3.8) is 0 Å². The van der Waals surface area contributed by atoms with Crippen LogP contribution in [-0.4, -0.2) is 23.7 Å². The molecular formula is C17H15ClF3IN2O3. The van der Waals surface area contributed by atoms with Gasteiger partial charge >= 0.3 is 0 Å². The predicted octanol–water partition coefficient (Wildman–Crippen LogP) is 4.54. The zero-order chi connectivity index (χ0) is 20.1. The van der Waals surface area contributed by atoms with E-state index in [0.717, 1.165) is 6.07 Å². The molecule has 0 fully saturated rings. The Labute approximate surface area is 171 Å². The molecule has 0 spiro atoms. The van der Waals surface area contributed by atoms with E-state index in [4.69, 9.17) is 21.5 Å². The molecule has 5 nitrogen and oxygen atoms in total. The smallest absolute Gasteiger partial charge is 0.277 e. The van der Waals surface area contributed by atoms with Crippen LogP contribution in [0.4, 0.5) is 24.5 Å². The summed E-state index contributed by atoms with van der Waals surface area (Å²) in [6.45, 7) is 1.43. The summed E-state index contributed by atoms with van der Waals surface area (Å²) in [5.74, 6) is -4.45. The molecule has 0 radical (unpaired) electrons. The van der Waals surface area contributed by atoms with Gasteiger partial charge in [0.15, 0.2) is 11.6 Å². The first-order chi connectivity index (χ1) is 12.7. The highest BCUT2D eigenvalue weighted by molar-refractivity contribution is 14.1. The summed E-state index contributed by atoms with van der Waals surface area (Å²) in [4.78, 5) is 17.4. The van der Waals surface area contributed by atoms with E-state index in [-0.39, 0.29) is 24.3 Å². The van der Waals surface area contributed by atoms with Crippen LogP contribution in [0.25, 0.3) is 0 Å². The third-order valence-corrected chi connectivity index (χ3v) is 4.43. The van der Waals surface area contributed by atoms with Crippen molar-refractivity contribution in [2.45, 2.75) is 19.4 Å². The van der Waals surface area contributed by atoms with Crippen LogP contribution in [-0.2, 0) is 4.84 Å². The minimum atomic E-state index is -1.44. The highest BCUT2D eigenvalue weighted by Crippen LogP contribution is 2.32. The number of aliphatic hydroxyl groups excluding tert-OH is 1. The molecule has 0 saturated carbocycles. The average Bonchev–Trinajstić information content (AvgIpc) is 2.62. The molecule has 0 aliphatic rings. The van der Waals surface area contributed by atoms with E-state index in [1.807, 2.05) is 22.6 Å². The van der Waals surface area contributed by atoms with Crippen LogP contribution in [0.2, 0.25) is 5.02 Å². The van der Waals surface area contributed by atoms with Gasteiger partial charge in [-0.3, -0.25) is 9.63 Å². The molecule has 1 atom stereocenters. The van der Waals surface area contributed by atoms with E-state index >= 15 is 0 Å². The summed E-state index contributed by atoms with van der Waals surface area (Å²) >= 11 is 7.52. The monoisotopic (exact) mass is 514 g/mol. The summed E-state index contributed by atoms with van der Waals surface area (Å²) in [6, 6.07) is 4.97. The van der Waals surface area contributed by atoms with E-state index in [1.54, 1.807) is 13.0 Å². The van der Waals surface area contributed by atoms with Gasteiger partial charge in [0, 0.05) is 10.2 Å². The van der Waals surface area contributed by atoms with Crippen molar-refractivity contribution in [2.75, 3.05) is 11.9 Å². The SMILES string of the molecule is CC(CCO)ONC(=O)c1cc(Cl)c(F)c(F)c1Nc1ccc(I)cc1F. The minimum Gasteiger partial charge on any atom is -0.396 e. The molecule has 3 N–H and O–H groups in total. The molecule has 0 heterocycles. The maximum atomic E-state index is 14.4. The van der Waals surface area contributed by atoms with E-state index in [9.17, 15) is 18.0 Å². The maximum absolute atomic E-state index is 14.4. The van der Waals surface area contributed by atoms with Crippen molar-refractivity contribution in [1.82, 2.24) is 5.48 Å². The van der Waals surface area contributed by atoms with Gasteiger partial charge in [-0.15, -0.1) is 0 Å². The first kappa shape index (κ1) is 21.7. The van der Waals surface area contributed by atoms with Gasteiger partial charge in [-0.1, -0.05) is 11.6 Å². The van der Waals surface area contributed by atoms with Crippen LogP contribution >= 0.6 is 34.2 Å². The van der Waals surface area contributed by atoms with Crippen molar-refractivity contribution in [1.29, 1.82) is 0 Å². The molecule has 0 saturated heterocycles. The van der Waals surface area contributed by atoms with Crippen molar-refractivity contribution in [2.24, 2.45) is 0 Å². The normalized spacial score (nSPS) is 12.0. The molecule has 0 bridgehead atoms. The third-order valence-electron chi connectivity index (χ3n) is 3.49. The number of rotatable bonds is 7. The fourth-order valence-electron chi connectivity index (χ4n) is 2.07. The number of hydroxylamine groups is 1. The number of amides is 1. The quantitative estimate of drug-likeness (QED) is 0.288. The number of hydrogen-bond donors (Lipinski definition) is 3. The molecule has 0 aliphatic heterocycles. The van der Waals surface area contributed by atoms with Gasteiger partial charge < -0.3 is 10.4 Å². The molecule has 1 unspecified atom stereocenters. The maximum Gasteiger partial charge on any atom is 0.277 e. The van der Waals surface area contributed by atoms with Crippen LogP contribution in [0.15, 0.2) is 24.3 Å². The number of carbonyl (C=O) groups excluding carboxylic acids is 1. The average molecular weight is 515 g/mol. The predicted molar refractivity (Wildman–Crippen MR) is 103 cm³/mol. The van der Waals surface area contributed by atoms with Crippen LogP contribution in [0, 0.1) is 21.0 Å². The summed E-state index contributed by atoms with van der Waals surface area (Å²) in [7, 11) is 0. The fraction of sp³-hybridized carbons (Fsp3) is 0.235. The van der Waals surface area contributed by atoms with Gasteiger partial charge in [-0.05, 0) is 60.2 Å². The fourth-order valence-corrected chi connectivity index (χ4v) is 2.72. The van der Waals surface area contributed by atoms with Gasteiger partial charge in [0.25, 0.3) is 5.91 Å². The zero-order valence-corrected chi connectivity index (χ0v) is 16.9. The van der Waals surface area contributed by atoms with Gasteiger partial charge in [0.1, 0.15) is 5.82 Å². The molecule has 27 heavy (non-hydrogen) atoms. The Hall–Kier alpha value is -1.56. The number of benzene rings is 2. The van der Waals surface area contributed by atoms with E-state index in [1.165, 1.54) is 12.1 Å². The Morgan fingerprint density at radius 3 is 2.63 bits per heavy atom. The van der Waals surface area contributed by atoms with Crippen molar-refractivity contribution in [3.05, 3.63) is 55.9 Å². The Balaban J connectivity index is 2.37. The van der Waals surface area contributed by atoms with Crippen LogP contribution in [0.5, 0.6) is 0 Å². The standard InChI is InChI=1S/C17H15ClF3IN2O3/c1-8(4-5-25)27-24-17(26)10-7-11(18)14(20)15(21)16(10)23-13-3-2-9(22)6-12(13)19/h2-3,6-8,23,25H,4-5H2,1H3,(H,24,26). The highest BCUT2D eigenvalue weighted by atomic mass is 127. The number of nitrogens with one attached hydrogen (secondary N) is 2. The van der Waals surface area contributed by atoms with Crippen LogP contribution in [0.1, 0.15) is 23.7 Å². The topological polar surface area (TPSA) is 70.6 Å². The summed E-state index contributed by atoms with van der Waals surface area (Å²) < 4.78 is 42.9. The van der Waals surface area contributed by atoms with Gasteiger partial charge in [-0.25, -0.2) is 18.7 Å². The summed E-state index contributed by atoms with van der Waals surface area (Å²) in [6.07, 6.45) is -0.276. The van der Waals surface area contributed by atoms with Gasteiger partial charge in [0.05, 0.1) is 28.1 Å². The second-order valence-electron chi connectivity index (χ2n) is 5.53. The Bertz CT molecular complexity index is 855. The lowest BCUT2D eigenvalue weighted by molar-refractivity contribution is -0.0168. The highest BCUT2D eigenvalue weighted by Gasteiger charge is 2.23. The van der Waals surface area contributed by atoms with Gasteiger partial charge in [0.2, 0.25) is 0 Å². The molecule has 10 heteroatoms. The molecule has 1 amide bonds. The first-order valence-electron chi connectivity index (χ1n) is 7.71. The molecular weight excluding hydrogens is 500 g/mol. The number of halogens is 5. The van der Waals surface area contributed by atoms with E-state index in [2.05, 4.69) is 10.8 Å². The first-order valence-corrected chi connectivity index (χ1v) is 9.16. The lowest BCUT2D eigenvalue weighted by Gasteiger charge is -2.16.